The van der Waals surface area contributed by atoms with Gasteiger partial charge in [0.05, 0.1) is 6.61 Å². The number of nitrogens with one attached hydrogen (secondary N) is 1. The Morgan fingerprint density at radius 2 is 1.23 bits per heavy atom. The molecular weight excluding hydrogens is 604 g/mol. The Bertz CT molecular complexity index is 724. The van der Waals surface area contributed by atoms with E-state index in [2.05, 4.69) is 37.9 Å². The van der Waals surface area contributed by atoms with Crippen LogP contribution in [0, 0.1) is 11.8 Å². The summed E-state index contributed by atoms with van der Waals surface area (Å²) in [5.74, 6) is 1.18. The minimum Gasteiger partial charge on any atom is -0.466 e. The molecule has 0 fully saturated rings. The molecule has 0 aromatic carbocycles. The van der Waals surface area contributed by atoms with Crippen LogP contribution in [-0.4, -0.2) is 74.9 Å². The summed E-state index contributed by atoms with van der Waals surface area (Å²) in [5.41, 5.74) is 0. The van der Waals surface area contributed by atoms with Crippen LogP contribution in [0.25, 0.3) is 0 Å². The first-order chi connectivity index (χ1) is 23.3. The minimum absolute atomic E-state index is 0.0399. The molecular formula is C40H80N2O6. The standard InChI is InChI=1S/C40H80N2O6/c1-7-11-22-35(9-3)27-29-38(43)46-32-19-15-13-17-24-37(48-40(45)26-21-31-42(6)34-41-5)25-18-14-16-20-33-47-39(44)30-28-36(10-4)23-12-8-2/h35-38,41,43H,7-34H2,1-6H3. The second-order valence-corrected chi connectivity index (χ2v) is 14.2. The smallest absolute Gasteiger partial charge is 0.306 e. The van der Waals surface area contributed by atoms with Gasteiger partial charge >= 0.3 is 11.9 Å². The molecule has 0 aromatic rings. The van der Waals surface area contributed by atoms with Gasteiger partial charge in [-0.2, -0.15) is 0 Å². The number of esters is 2. The lowest BCUT2D eigenvalue weighted by Gasteiger charge is -2.19. The van der Waals surface area contributed by atoms with Crippen molar-refractivity contribution >= 4 is 11.9 Å². The molecule has 8 heteroatoms. The summed E-state index contributed by atoms with van der Waals surface area (Å²) < 4.78 is 17.2. The predicted molar refractivity (Wildman–Crippen MR) is 200 cm³/mol. The highest BCUT2D eigenvalue weighted by Gasteiger charge is 2.15. The zero-order valence-electron chi connectivity index (χ0n) is 32.5. The molecule has 4 unspecified atom stereocenters. The number of carbonyl (C=O) groups is 2. The van der Waals surface area contributed by atoms with E-state index in [-0.39, 0.29) is 18.0 Å². The number of hydrogen-bond donors (Lipinski definition) is 2. The Labute approximate surface area is 297 Å². The van der Waals surface area contributed by atoms with Crippen LogP contribution in [-0.2, 0) is 23.8 Å². The highest BCUT2D eigenvalue weighted by molar-refractivity contribution is 5.69. The lowest BCUT2D eigenvalue weighted by molar-refractivity contribution is -0.150. The molecule has 0 aliphatic heterocycles. The van der Waals surface area contributed by atoms with E-state index in [1.165, 1.54) is 44.9 Å². The molecule has 0 radical (unpaired) electrons. The first-order valence-corrected chi connectivity index (χ1v) is 20.3. The molecule has 0 spiro atoms. The minimum atomic E-state index is -0.650. The molecule has 0 heterocycles. The number of ether oxygens (including phenoxy) is 3. The van der Waals surface area contributed by atoms with Crippen molar-refractivity contribution in [2.45, 2.75) is 194 Å². The molecule has 2 N–H and O–H groups in total. The molecule has 286 valence electrons. The van der Waals surface area contributed by atoms with E-state index in [0.717, 1.165) is 110 Å². The quantitative estimate of drug-likeness (QED) is 0.0383. The topological polar surface area (TPSA) is 97.3 Å². The normalized spacial score (nSPS) is 14.2. The van der Waals surface area contributed by atoms with Gasteiger partial charge in [-0.25, -0.2) is 0 Å². The van der Waals surface area contributed by atoms with Gasteiger partial charge in [0.2, 0.25) is 0 Å². The van der Waals surface area contributed by atoms with E-state index < -0.39 is 6.29 Å². The fourth-order valence-corrected chi connectivity index (χ4v) is 6.36. The zero-order valence-corrected chi connectivity index (χ0v) is 32.5. The lowest BCUT2D eigenvalue weighted by Crippen LogP contribution is -2.29. The monoisotopic (exact) mass is 685 g/mol. The number of nitrogens with zero attached hydrogens (tertiary/aromatic N) is 1. The van der Waals surface area contributed by atoms with Gasteiger partial charge in [-0.3, -0.25) is 14.5 Å². The van der Waals surface area contributed by atoms with Crippen molar-refractivity contribution in [2.24, 2.45) is 11.8 Å². The van der Waals surface area contributed by atoms with Gasteiger partial charge in [-0.1, -0.05) is 105 Å². The third-order valence-corrected chi connectivity index (χ3v) is 9.73. The van der Waals surface area contributed by atoms with Crippen LogP contribution in [0.3, 0.4) is 0 Å². The van der Waals surface area contributed by atoms with Crippen LogP contribution in [0.1, 0.15) is 182 Å². The summed E-state index contributed by atoms with van der Waals surface area (Å²) in [6, 6.07) is 0. The molecule has 48 heavy (non-hydrogen) atoms. The Morgan fingerprint density at radius 1 is 0.646 bits per heavy atom. The molecule has 0 saturated carbocycles. The van der Waals surface area contributed by atoms with Crippen LogP contribution < -0.4 is 5.32 Å². The number of rotatable bonds is 36. The van der Waals surface area contributed by atoms with Crippen molar-refractivity contribution in [2.75, 3.05) is 40.5 Å². The Morgan fingerprint density at radius 3 is 1.81 bits per heavy atom. The number of aliphatic hydroxyl groups is 1. The number of hydrogen-bond acceptors (Lipinski definition) is 8. The van der Waals surface area contributed by atoms with Gasteiger partial charge in [-0.15, -0.1) is 0 Å². The van der Waals surface area contributed by atoms with E-state index in [9.17, 15) is 14.7 Å². The molecule has 0 bridgehead atoms. The van der Waals surface area contributed by atoms with E-state index in [1.54, 1.807) is 0 Å². The van der Waals surface area contributed by atoms with Gasteiger partial charge in [0.1, 0.15) is 6.10 Å². The van der Waals surface area contributed by atoms with Crippen molar-refractivity contribution in [3.8, 4) is 0 Å². The largest absolute Gasteiger partial charge is 0.466 e. The number of aliphatic hydroxyl groups excluding tert-OH is 1. The summed E-state index contributed by atoms with van der Waals surface area (Å²) in [7, 11) is 3.97. The summed E-state index contributed by atoms with van der Waals surface area (Å²) in [5, 5.41) is 13.4. The highest BCUT2D eigenvalue weighted by atomic mass is 16.6. The summed E-state index contributed by atoms with van der Waals surface area (Å²) >= 11 is 0. The summed E-state index contributed by atoms with van der Waals surface area (Å²) in [4.78, 5) is 27.0. The Hall–Kier alpha value is -1.22. The van der Waals surface area contributed by atoms with Crippen molar-refractivity contribution in [1.82, 2.24) is 10.2 Å². The Balaban J connectivity index is 4.35. The maximum Gasteiger partial charge on any atom is 0.306 e. The predicted octanol–water partition coefficient (Wildman–Crippen LogP) is 9.56. The third-order valence-electron chi connectivity index (χ3n) is 9.73. The van der Waals surface area contributed by atoms with Crippen molar-refractivity contribution < 1.29 is 28.9 Å². The van der Waals surface area contributed by atoms with Crippen LogP contribution in [0.4, 0.5) is 0 Å². The molecule has 0 rings (SSSR count). The average Bonchev–Trinajstić information content (AvgIpc) is 3.07. The van der Waals surface area contributed by atoms with Gasteiger partial charge in [0.15, 0.2) is 6.29 Å². The molecule has 0 aliphatic rings. The zero-order chi connectivity index (χ0) is 35.7. The van der Waals surface area contributed by atoms with Crippen molar-refractivity contribution in [1.29, 1.82) is 0 Å². The first kappa shape index (κ1) is 46.8. The highest BCUT2D eigenvalue weighted by Crippen LogP contribution is 2.21. The molecule has 0 aliphatic carbocycles. The average molecular weight is 685 g/mol. The third kappa shape index (κ3) is 29.7. The van der Waals surface area contributed by atoms with Crippen molar-refractivity contribution in [3.05, 3.63) is 0 Å². The van der Waals surface area contributed by atoms with Gasteiger partial charge < -0.3 is 24.6 Å². The molecule has 0 amide bonds. The van der Waals surface area contributed by atoms with E-state index in [1.807, 2.05) is 14.1 Å². The summed E-state index contributed by atoms with van der Waals surface area (Å²) in [6.07, 6.45) is 23.3. The maximum absolute atomic E-state index is 12.7. The lowest BCUT2D eigenvalue weighted by atomic mass is 9.94. The van der Waals surface area contributed by atoms with E-state index in [0.29, 0.717) is 37.9 Å². The fourth-order valence-electron chi connectivity index (χ4n) is 6.36. The maximum atomic E-state index is 12.7. The number of carbonyl (C=O) groups excluding carboxylic acids is 2. The number of unbranched alkanes of at least 4 members (excludes halogenated alkanes) is 8. The SMILES string of the molecule is CCCCC(CC)CCC(=O)OCCCCCCC(CCCCCCOC(O)CCC(CC)CCCC)OC(=O)CCCN(C)CNC. The van der Waals surface area contributed by atoms with E-state index in [4.69, 9.17) is 14.2 Å². The van der Waals surface area contributed by atoms with Gasteiger partial charge in [0, 0.05) is 26.1 Å². The second-order valence-electron chi connectivity index (χ2n) is 14.2. The van der Waals surface area contributed by atoms with Crippen LogP contribution >= 0.6 is 0 Å². The fraction of sp³-hybridized carbons (Fsp3) is 0.950. The Kier molecular flexibility index (Phi) is 33.4. The van der Waals surface area contributed by atoms with Crippen molar-refractivity contribution in [3.63, 3.8) is 0 Å². The second kappa shape index (κ2) is 34.2. The van der Waals surface area contributed by atoms with Crippen LogP contribution in [0.5, 0.6) is 0 Å². The van der Waals surface area contributed by atoms with Crippen LogP contribution in [0.15, 0.2) is 0 Å². The van der Waals surface area contributed by atoms with Gasteiger partial charge in [0.25, 0.3) is 0 Å². The van der Waals surface area contributed by atoms with E-state index >= 15 is 0 Å². The molecule has 0 saturated heterocycles. The molecule has 0 aromatic heterocycles. The van der Waals surface area contributed by atoms with Crippen LogP contribution in [0.2, 0.25) is 0 Å². The molecule has 8 nitrogen and oxygen atoms in total. The summed E-state index contributed by atoms with van der Waals surface area (Å²) in [6.45, 7) is 11.7. The van der Waals surface area contributed by atoms with Gasteiger partial charge in [-0.05, 0) is 96.7 Å². The molecule has 4 atom stereocenters. The first-order valence-electron chi connectivity index (χ1n) is 20.3.